The highest BCUT2D eigenvalue weighted by Gasteiger charge is 2.00. The number of benzene rings is 2. The standard InChI is InChI=1S/C13H9N3/c14-16-11-6-5-10-7-9-3-1-2-4-12(9)15-13(10)8-11/h1-8,14H. The Morgan fingerprint density at radius 1 is 0.875 bits per heavy atom. The van der Waals surface area contributed by atoms with Crippen LogP contribution >= 0.6 is 0 Å². The molecule has 16 heavy (non-hydrogen) atoms. The third kappa shape index (κ3) is 1.34. The molecule has 0 saturated heterocycles. The maximum absolute atomic E-state index is 6.98. The zero-order valence-corrected chi connectivity index (χ0v) is 8.51. The molecule has 0 aliphatic heterocycles. The molecular weight excluding hydrogens is 198 g/mol. The van der Waals surface area contributed by atoms with E-state index in [1.54, 1.807) is 0 Å². The van der Waals surface area contributed by atoms with E-state index < -0.39 is 0 Å². The van der Waals surface area contributed by atoms with E-state index in [0.717, 1.165) is 21.8 Å². The molecule has 1 N–H and O–H groups in total. The van der Waals surface area contributed by atoms with Gasteiger partial charge in [-0.05, 0) is 24.3 Å². The first-order chi connectivity index (χ1) is 7.86. The van der Waals surface area contributed by atoms with Gasteiger partial charge in [0.15, 0.2) is 0 Å². The van der Waals surface area contributed by atoms with Crippen LogP contribution in [0.4, 0.5) is 5.69 Å². The molecule has 0 aliphatic rings. The van der Waals surface area contributed by atoms with Crippen LogP contribution in [-0.2, 0) is 0 Å². The van der Waals surface area contributed by atoms with Crippen molar-refractivity contribution in [1.82, 2.24) is 4.98 Å². The monoisotopic (exact) mass is 207 g/mol. The summed E-state index contributed by atoms with van der Waals surface area (Å²) in [6.07, 6.45) is 0. The summed E-state index contributed by atoms with van der Waals surface area (Å²) in [6, 6.07) is 15.7. The summed E-state index contributed by atoms with van der Waals surface area (Å²) >= 11 is 0. The summed E-state index contributed by atoms with van der Waals surface area (Å²) in [6.45, 7) is 0. The van der Waals surface area contributed by atoms with Gasteiger partial charge >= 0.3 is 0 Å². The van der Waals surface area contributed by atoms with Crippen LogP contribution < -0.4 is 0 Å². The summed E-state index contributed by atoms with van der Waals surface area (Å²) < 4.78 is 0. The predicted molar refractivity (Wildman–Crippen MR) is 64.1 cm³/mol. The summed E-state index contributed by atoms with van der Waals surface area (Å²) in [5.41, 5.74) is 9.46. The van der Waals surface area contributed by atoms with E-state index in [0.29, 0.717) is 5.69 Å². The minimum atomic E-state index is 0.635. The lowest BCUT2D eigenvalue weighted by molar-refractivity contribution is 1.15. The van der Waals surface area contributed by atoms with Crippen LogP contribution in [0, 0.1) is 5.53 Å². The van der Waals surface area contributed by atoms with Crippen molar-refractivity contribution in [1.29, 1.82) is 5.53 Å². The van der Waals surface area contributed by atoms with Crippen LogP contribution in [-0.4, -0.2) is 4.98 Å². The average Bonchev–Trinajstić information content (AvgIpc) is 2.35. The van der Waals surface area contributed by atoms with Gasteiger partial charge in [0.25, 0.3) is 0 Å². The number of aromatic nitrogens is 1. The minimum absolute atomic E-state index is 0.635. The molecule has 76 valence electrons. The second-order valence-corrected chi connectivity index (χ2v) is 3.67. The van der Waals surface area contributed by atoms with Crippen LogP contribution in [0.25, 0.3) is 21.8 Å². The third-order valence-electron chi connectivity index (χ3n) is 2.63. The van der Waals surface area contributed by atoms with Gasteiger partial charge in [-0.3, -0.25) is 0 Å². The maximum atomic E-state index is 6.98. The molecule has 0 bridgehead atoms. The number of rotatable bonds is 1. The Kier molecular flexibility index (Phi) is 1.90. The van der Waals surface area contributed by atoms with E-state index in [1.807, 2.05) is 42.5 Å². The predicted octanol–water partition coefficient (Wildman–Crippen LogP) is 4.05. The van der Waals surface area contributed by atoms with Crippen molar-refractivity contribution in [3.8, 4) is 0 Å². The lowest BCUT2D eigenvalue weighted by Crippen LogP contribution is -1.81. The fourth-order valence-corrected chi connectivity index (χ4v) is 1.83. The topological polar surface area (TPSA) is 49.1 Å². The first-order valence-electron chi connectivity index (χ1n) is 5.04. The maximum Gasteiger partial charge on any atom is 0.0871 e. The molecule has 0 fully saturated rings. The SMILES string of the molecule is N=Nc1ccc2cc3ccccc3nc2c1. The minimum Gasteiger partial charge on any atom is -0.248 e. The molecule has 3 heteroatoms. The van der Waals surface area contributed by atoms with Crippen molar-refractivity contribution >= 4 is 27.5 Å². The van der Waals surface area contributed by atoms with Gasteiger partial charge in [-0.15, -0.1) is 0 Å². The summed E-state index contributed by atoms with van der Waals surface area (Å²) in [5.74, 6) is 0. The Hall–Kier alpha value is -2.29. The number of para-hydroxylation sites is 1. The quantitative estimate of drug-likeness (QED) is 0.475. The van der Waals surface area contributed by atoms with Crippen molar-refractivity contribution in [2.45, 2.75) is 0 Å². The second-order valence-electron chi connectivity index (χ2n) is 3.67. The van der Waals surface area contributed by atoms with E-state index in [-0.39, 0.29) is 0 Å². The largest absolute Gasteiger partial charge is 0.248 e. The smallest absolute Gasteiger partial charge is 0.0871 e. The molecule has 0 atom stereocenters. The van der Waals surface area contributed by atoms with E-state index in [9.17, 15) is 0 Å². The molecule has 0 unspecified atom stereocenters. The van der Waals surface area contributed by atoms with Crippen molar-refractivity contribution in [3.63, 3.8) is 0 Å². The summed E-state index contributed by atoms with van der Waals surface area (Å²) in [4.78, 5) is 4.54. The van der Waals surface area contributed by atoms with Crippen molar-refractivity contribution in [2.24, 2.45) is 5.11 Å². The first kappa shape index (κ1) is 8.97. The molecule has 0 radical (unpaired) electrons. The normalized spacial score (nSPS) is 10.8. The average molecular weight is 207 g/mol. The number of hydrogen-bond acceptors (Lipinski definition) is 3. The molecule has 3 nitrogen and oxygen atoms in total. The molecular formula is C13H9N3. The Bertz CT molecular complexity index is 689. The molecule has 0 amide bonds. The van der Waals surface area contributed by atoms with Crippen LogP contribution in [0.1, 0.15) is 0 Å². The Morgan fingerprint density at radius 3 is 2.56 bits per heavy atom. The van der Waals surface area contributed by atoms with E-state index in [2.05, 4.69) is 16.2 Å². The molecule has 0 aliphatic carbocycles. The number of hydrogen-bond donors (Lipinski definition) is 1. The zero-order valence-electron chi connectivity index (χ0n) is 8.51. The number of pyridine rings is 1. The lowest BCUT2D eigenvalue weighted by Gasteiger charge is -2.01. The van der Waals surface area contributed by atoms with Crippen molar-refractivity contribution in [3.05, 3.63) is 48.5 Å². The molecule has 1 aromatic heterocycles. The molecule has 0 saturated carbocycles. The fourth-order valence-electron chi connectivity index (χ4n) is 1.83. The molecule has 3 rings (SSSR count). The third-order valence-corrected chi connectivity index (χ3v) is 2.63. The highest BCUT2D eigenvalue weighted by Crippen LogP contribution is 2.23. The second kappa shape index (κ2) is 3.38. The van der Waals surface area contributed by atoms with Gasteiger partial charge in [0.05, 0.1) is 16.7 Å². The summed E-state index contributed by atoms with van der Waals surface area (Å²) in [7, 11) is 0. The van der Waals surface area contributed by atoms with Gasteiger partial charge in [0.1, 0.15) is 0 Å². The highest BCUT2D eigenvalue weighted by molar-refractivity contribution is 5.93. The summed E-state index contributed by atoms with van der Waals surface area (Å²) in [5, 5.41) is 5.62. The van der Waals surface area contributed by atoms with E-state index in [1.165, 1.54) is 0 Å². The number of nitrogens with zero attached hydrogens (tertiary/aromatic N) is 2. The van der Waals surface area contributed by atoms with Gasteiger partial charge in [0, 0.05) is 10.8 Å². The Balaban J connectivity index is 2.41. The van der Waals surface area contributed by atoms with E-state index >= 15 is 0 Å². The van der Waals surface area contributed by atoms with Crippen LogP contribution in [0.15, 0.2) is 53.6 Å². The molecule has 1 heterocycles. The molecule has 3 aromatic rings. The van der Waals surface area contributed by atoms with Crippen LogP contribution in [0.3, 0.4) is 0 Å². The van der Waals surface area contributed by atoms with Gasteiger partial charge in [-0.2, -0.15) is 5.11 Å². The fraction of sp³-hybridized carbons (Fsp3) is 0. The van der Waals surface area contributed by atoms with Gasteiger partial charge < -0.3 is 0 Å². The van der Waals surface area contributed by atoms with Gasteiger partial charge in [0.2, 0.25) is 0 Å². The van der Waals surface area contributed by atoms with Crippen molar-refractivity contribution < 1.29 is 0 Å². The van der Waals surface area contributed by atoms with E-state index in [4.69, 9.17) is 5.53 Å². The zero-order chi connectivity index (χ0) is 11.0. The van der Waals surface area contributed by atoms with Crippen LogP contribution in [0.2, 0.25) is 0 Å². The first-order valence-corrected chi connectivity index (χ1v) is 5.04. The highest BCUT2D eigenvalue weighted by atomic mass is 15.0. The van der Waals surface area contributed by atoms with Gasteiger partial charge in [-0.1, -0.05) is 24.3 Å². The number of fused-ring (bicyclic) bond motifs is 2. The molecule has 0 spiro atoms. The molecule has 2 aromatic carbocycles. The van der Waals surface area contributed by atoms with Crippen molar-refractivity contribution in [2.75, 3.05) is 0 Å². The Labute approximate surface area is 92.3 Å². The lowest BCUT2D eigenvalue weighted by atomic mass is 10.1. The van der Waals surface area contributed by atoms with Crippen LogP contribution in [0.5, 0.6) is 0 Å². The number of nitrogens with one attached hydrogen (secondary N) is 1. The van der Waals surface area contributed by atoms with Gasteiger partial charge in [-0.25, -0.2) is 10.5 Å². The Morgan fingerprint density at radius 2 is 1.69 bits per heavy atom.